The molecular formula is C25H25N3O5S. The largest absolute Gasteiger partial charge is 0.493 e. The fourth-order valence-electron chi connectivity index (χ4n) is 3.05. The van der Waals surface area contributed by atoms with E-state index in [1.807, 2.05) is 13.0 Å². The molecule has 1 amide bonds. The van der Waals surface area contributed by atoms with Crippen LogP contribution in [-0.2, 0) is 14.8 Å². The number of carbonyl (C=O) groups is 1. The van der Waals surface area contributed by atoms with Gasteiger partial charge in [0, 0.05) is 23.9 Å². The van der Waals surface area contributed by atoms with Crippen molar-refractivity contribution >= 4 is 27.3 Å². The molecule has 0 heterocycles. The molecule has 0 spiro atoms. The molecule has 8 nitrogen and oxygen atoms in total. The summed E-state index contributed by atoms with van der Waals surface area (Å²) in [6.07, 6.45) is 0.712. The van der Waals surface area contributed by atoms with Crippen molar-refractivity contribution in [2.24, 2.45) is 0 Å². The van der Waals surface area contributed by atoms with Crippen LogP contribution in [0.1, 0.15) is 24.0 Å². The molecule has 34 heavy (non-hydrogen) atoms. The molecule has 2 N–H and O–H groups in total. The van der Waals surface area contributed by atoms with E-state index in [-0.39, 0.29) is 17.2 Å². The van der Waals surface area contributed by atoms with Gasteiger partial charge in [0.25, 0.3) is 10.0 Å². The van der Waals surface area contributed by atoms with Crippen molar-refractivity contribution in [3.63, 3.8) is 0 Å². The van der Waals surface area contributed by atoms with Crippen LogP contribution in [0.3, 0.4) is 0 Å². The second-order valence-electron chi connectivity index (χ2n) is 7.47. The smallest absolute Gasteiger partial charge is 0.261 e. The van der Waals surface area contributed by atoms with Crippen LogP contribution >= 0.6 is 0 Å². The number of anilines is 2. The zero-order valence-electron chi connectivity index (χ0n) is 18.9. The standard InChI is InChI=1S/C25H25N3O5S/c1-18-5-12-22(13-6-18)34(30,31)28-21-10-8-20(9-11-21)27-25(29)4-3-15-33-23-14-7-19(17-26)16-24(23)32-2/h5-14,16,28H,3-4,15H2,1-2H3,(H,27,29). The Balaban J connectivity index is 1.47. The van der Waals surface area contributed by atoms with Gasteiger partial charge in [0.05, 0.1) is 30.2 Å². The van der Waals surface area contributed by atoms with Crippen molar-refractivity contribution in [2.45, 2.75) is 24.7 Å². The van der Waals surface area contributed by atoms with E-state index in [0.717, 1.165) is 5.56 Å². The number of hydrogen-bond donors (Lipinski definition) is 2. The predicted octanol–water partition coefficient (Wildman–Crippen LogP) is 4.47. The molecule has 0 saturated carbocycles. The molecule has 0 atom stereocenters. The summed E-state index contributed by atoms with van der Waals surface area (Å²) in [5.41, 5.74) is 2.39. The normalized spacial score (nSPS) is 10.7. The number of amides is 1. The lowest BCUT2D eigenvalue weighted by atomic mass is 10.2. The Kier molecular flexibility index (Phi) is 8.11. The zero-order chi connectivity index (χ0) is 24.6. The Labute approximate surface area is 199 Å². The lowest BCUT2D eigenvalue weighted by molar-refractivity contribution is -0.116. The molecule has 0 aliphatic carbocycles. The monoisotopic (exact) mass is 479 g/mol. The highest BCUT2D eigenvalue weighted by atomic mass is 32.2. The first-order valence-electron chi connectivity index (χ1n) is 10.5. The molecule has 0 bridgehead atoms. The minimum atomic E-state index is -3.69. The zero-order valence-corrected chi connectivity index (χ0v) is 19.7. The minimum Gasteiger partial charge on any atom is -0.493 e. The summed E-state index contributed by atoms with van der Waals surface area (Å²) in [4.78, 5) is 12.4. The fourth-order valence-corrected chi connectivity index (χ4v) is 4.11. The molecule has 0 saturated heterocycles. The van der Waals surface area contributed by atoms with Crippen molar-refractivity contribution in [3.05, 3.63) is 77.9 Å². The fraction of sp³-hybridized carbons (Fsp3) is 0.200. The summed E-state index contributed by atoms with van der Waals surface area (Å²) in [6.45, 7) is 2.19. The van der Waals surface area contributed by atoms with Gasteiger partial charge < -0.3 is 14.8 Å². The van der Waals surface area contributed by atoms with Crippen LogP contribution in [0.4, 0.5) is 11.4 Å². The van der Waals surface area contributed by atoms with Crippen molar-refractivity contribution in [3.8, 4) is 17.6 Å². The summed E-state index contributed by atoms with van der Waals surface area (Å²) in [5.74, 6) is 0.774. The lowest BCUT2D eigenvalue weighted by Crippen LogP contribution is -2.14. The number of methoxy groups -OCH3 is 1. The van der Waals surface area contributed by atoms with E-state index in [4.69, 9.17) is 14.7 Å². The molecule has 9 heteroatoms. The number of hydrogen-bond acceptors (Lipinski definition) is 6. The topological polar surface area (TPSA) is 118 Å². The second kappa shape index (κ2) is 11.2. The Hall–Kier alpha value is -4.03. The average Bonchev–Trinajstić information content (AvgIpc) is 2.83. The molecule has 176 valence electrons. The first-order valence-corrected chi connectivity index (χ1v) is 12.0. The maximum atomic E-state index is 12.5. The van der Waals surface area contributed by atoms with Crippen LogP contribution in [0, 0.1) is 18.3 Å². The third kappa shape index (κ3) is 6.73. The molecule has 0 fully saturated rings. The van der Waals surface area contributed by atoms with Gasteiger partial charge in [0.2, 0.25) is 5.91 Å². The average molecular weight is 480 g/mol. The number of nitriles is 1. The number of nitrogens with zero attached hydrogens (tertiary/aromatic N) is 1. The van der Waals surface area contributed by atoms with Gasteiger partial charge in [-0.15, -0.1) is 0 Å². The molecule has 0 aliphatic heterocycles. The van der Waals surface area contributed by atoms with E-state index in [1.165, 1.54) is 7.11 Å². The molecule has 0 aromatic heterocycles. The first-order chi connectivity index (χ1) is 16.3. The predicted molar refractivity (Wildman–Crippen MR) is 129 cm³/mol. The van der Waals surface area contributed by atoms with Gasteiger partial charge in [0.15, 0.2) is 11.5 Å². The Morgan fingerprint density at radius 2 is 1.65 bits per heavy atom. The van der Waals surface area contributed by atoms with Crippen molar-refractivity contribution < 1.29 is 22.7 Å². The highest BCUT2D eigenvalue weighted by Crippen LogP contribution is 2.28. The van der Waals surface area contributed by atoms with Crippen molar-refractivity contribution in [1.29, 1.82) is 5.26 Å². The van der Waals surface area contributed by atoms with Gasteiger partial charge in [-0.1, -0.05) is 17.7 Å². The third-order valence-corrected chi connectivity index (χ3v) is 6.25. The number of benzene rings is 3. The molecule has 0 aliphatic rings. The number of nitrogens with one attached hydrogen (secondary N) is 2. The molecule has 3 rings (SSSR count). The minimum absolute atomic E-state index is 0.177. The summed E-state index contributed by atoms with van der Waals surface area (Å²) in [6, 6.07) is 19.9. The second-order valence-corrected chi connectivity index (χ2v) is 9.16. The van der Waals surface area contributed by atoms with E-state index in [0.29, 0.717) is 41.5 Å². The number of rotatable bonds is 10. The lowest BCUT2D eigenvalue weighted by Gasteiger charge is -2.11. The van der Waals surface area contributed by atoms with Crippen LogP contribution in [0.2, 0.25) is 0 Å². The van der Waals surface area contributed by atoms with Gasteiger partial charge in [0.1, 0.15) is 0 Å². The maximum absolute atomic E-state index is 12.5. The van der Waals surface area contributed by atoms with Crippen molar-refractivity contribution in [1.82, 2.24) is 0 Å². The van der Waals surface area contributed by atoms with Gasteiger partial charge in [-0.2, -0.15) is 5.26 Å². The molecule has 3 aromatic carbocycles. The van der Waals surface area contributed by atoms with Gasteiger partial charge in [-0.3, -0.25) is 9.52 Å². The van der Waals surface area contributed by atoms with E-state index in [9.17, 15) is 13.2 Å². The van der Waals surface area contributed by atoms with Gasteiger partial charge in [-0.05, 0) is 61.9 Å². The summed E-state index contributed by atoms with van der Waals surface area (Å²) in [5, 5.41) is 11.7. The van der Waals surface area contributed by atoms with Crippen LogP contribution in [-0.4, -0.2) is 28.0 Å². The SMILES string of the molecule is COc1cc(C#N)ccc1OCCCC(=O)Nc1ccc(NS(=O)(=O)c2ccc(C)cc2)cc1. The van der Waals surface area contributed by atoms with Crippen molar-refractivity contribution in [2.75, 3.05) is 23.8 Å². The maximum Gasteiger partial charge on any atom is 0.261 e. The molecule has 0 unspecified atom stereocenters. The van der Waals surface area contributed by atoms with Crippen LogP contribution in [0.5, 0.6) is 11.5 Å². The number of aryl methyl sites for hydroxylation is 1. The van der Waals surface area contributed by atoms with Gasteiger partial charge in [-0.25, -0.2) is 8.42 Å². The van der Waals surface area contributed by atoms with Gasteiger partial charge >= 0.3 is 0 Å². The Morgan fingerprint density at radius 1 is 0.971 bits per heavy atom. The number of sulfonamides is 1. The highest BCUT2D eigenvalue weighted by molar-refractivity contribution is 7.92. The first kappa shape index (κ1) is 24.6. The molecular weight excluding hydrogens is 454 g/mol. The quantitative estimate of drug-likeness (QED) is 0.414. The molecule has 3 aromatic rings. The summed E-state index contributed by atoms with van der Waals surface area (Å²) >= 11 is 0. The van der Waals surface area contributed by atoms with Crippen LogP contribution in [0.25, 0.3) is 0 Å². The van der Waals surface area contributed by atoms with E-state index < -0.39 is 10.0 Å². The summed E-state index contributed by atoms with van der Waals surface area (Å²) in [7, 11) is -2.19. The van der Waals surface area contributed by atoms with E-state index in [1.54, 1.807) is 66.7 Å². The van der Waals surface area contributed by atoms with E-state index in [2.05, 4.69) is 10.0 Å². The van der Waals surface area contributed by atoms with E-state index >= 15 is 0 Å². The van der Waals surface area contributed by atoms with Crippen LogP contribution in [0.15, 0.2) is 71.6 Å². The highest BCUT2D eigenvalue weighted by Gasteiger charge is 2.14. The molecule has 0 radical (unpaired) electrons. The Bertz CT molecular complexity index is 1280. The summed E-state index contributed by atoms with van der Waals surface area (Å²) < 4.78 is 38.4. The number of carbonyl (C=O) groups excluding carboxylic acids is 1. The Morgan fingerprint density at radius 3 is 2.29 bits per heavy atom. The van der Waals surface area contributed by atoms with Crippen LogP contribution < -0.4 is 19.5 Å². The number of ether oxygens (including phenoxy) is 2. The third-order valence-electron chi connectivity index (χ3n) is 4.85.